The molecule has 0 aliphatic heterocycles. The fraction of sp³-hybridized carbons (Fsp3) is 0.231. The summed E-state index contributed by atoms with van der Waals surface area (Å²) in [6.07, 6.45) is 0.878. The van der Waals surface area contributed by atoms with Gasteiger partial charge in [-0.3, -0.25) is 9.59 Å². The first-order valence-electron chi connectivity index (χ1n) is 10.7. The molecule has 3 rings (SSSR count). The molecular formula is C26H27ClN2O4S. The van der Waals surface area contributed by atoms with Crippen LogP contribution in [0.25, 0.3) is 0 Å². The van der Waals surface area contributed by atoms with Gasteiger partial charge in [0.25, 0.3) is 0 Å². The minimum absolute atomic E-state index is 0.124. The first kappa shape index (κ1) is 25.5. The van der Waals surface area contributed by atoms with Crippen LogP contribution in [0, 0.1) is 0 Å². The summed E-state index contributed by atoms with van der Waals surface area (Å²) in [6, 6.07) is 19.9. The molecule has 0 saturated heterocycles. The highest BCUT2D eigenvalue weighted by Gasteiger charge is 2.19. The number of amides is 2. The molecule has 3 aromatic carbocycles. The molecule has 0 fully saturated rings. The lowest BCUT2D eigenvalue weighted by Gasteiger charge is -2.16. The number of ether oxygens (including phenoxy) is 2. The topological polar surface area (TPSA) is 76.7 Å². The van der Waals surface area contributed by atoms with Crippen LogP contribution in [-0.4, -0.2) is 31.3 Å². The average molecular weight is 499 g/mol. The van der Waals surface area contributed by atoms with E-state index in [9.17, 15) is 9.59 Å². The maximum absolute atomic E-state index is 12.9. The number of rotatable bonds is 10. The van der Waals surface area contributed by atoms with Gasteiger partial charge in [-0.1, -0.05) is 36.7 Å². The molecule has 0 radical (unpaired) electrons. The first-order valence-corrected chi connectivity index (χ1v) is 12.0. The van der Waals surface area contributed by atoms with E-state index >= 15 is 0 Å². The summed E-state index contributed by atoms with van der Waals surface area (Å²) in [4.78, 5) is 26.3. The van der Waals surface area contributed by atoms with Crippen molar-refractivity contribution in [3.8, 4) is 11.5 Å². The lowest BCUT2D eigenvalue weighted by molar-refractivity contribution is -0.116. The van der Waals surface area contributed by atoms with Gasteiger partial charge >= 0.3 is 0 Å². The van der Waals surface area contributed by atoms with Crippen LogP contribution in [-0.2, 0) is 16.0 Å². The maximum atomic E-state index is 12.9. The molecule has 0 spiro atoms. The fourth-order valence-electron chi connectivity index (χ4n) is 3.23. The minimum atomic E-state index is -0.322. The maximum Gasteiger partial charge on any atom is 0.237 e. The van der Waals surface area contributed by atoms with Gasteiger partial charge in [0, 0.05) is 39.5 Å². The Morgan fingerprint density at radius 2 is 1.59 bits per heavy atom. The molecule has 1 atom stereocenters. The van der Waals surface area contributed by atoms with Crippen molar-refractivity contribution in [3.05, 3.63) is 77.3 Å². The van der Waals surface area contributed by atoms with Gasteiger partial charge < -0.3 is 20.1 Å². The van der Waals surface area contributed by atoms with Crippen LogP contribution in [0.3, 0.4) is 0 Å². The van der Waals surface area contributed by atoms with Crippen LogP contribution in [0.5, 0.6) is 11.5 Å². The van der Waals surface area contributed by atoms with Crippen molar-refractivity contribution in [1.29, 1.82) is 0 Å². The summed E-state index contributed by atoms with van der Waals surface area (Å²) in [7, 11) is 3.12. The highest BCUT2D eigenvalue weighted by molar-refractivity contribution is 8.00. The second-order valence-corrected chi connectivity index (χ2v) is 9.20. The molecule has 0 heterocycles. The van der Waals surface area contributed by atoms with E-state index in [1.807, 2.05) is 43.3 Å². The third-order valence-electron chi connectivity index (χ3n) is 4.96. The minimum Gasteiger partial charge on any atom is -0.497 e. The van der Waals surface area contributed by atoms with E-state index in [-0.39, 0.29) is 23.5 Å². The van der Waals surface area contributed by atoms with E-state index in [2.05, 4.69) is 10.6 Å². The summed E-state index contributed by atoms with van der Waals surface area (Å²) >= 11 is 7.34. The van der Waals surface area contributed by atoms with Crippen LogP contribution < -0.4 is 20.1 Å². The first-order chi connectivity index (χ1) is 16.4. The van der Waals surface area contributed by atoms with Crippen LogP contribution in [0.2, 0.25) is 5.02 Å². The summed E-state index contributed by atoms with van der Waals surface area (Å²) in [5.74, 6) is 0.941. The molecule has 178 valence electrons. The van der Waals surface area contributed by atoms with Crippen LogP contribution >= 0.6 is 23.4 Å². The quantitative estimate of drug-likeness (QED) is 0.333. The molecule has 0 aliphatic carbocycles. The SMILES string of the molecule is CCC(Sc1cccc(NC(=O)Cc2ccc(Cl)cc2)c1)C(=O)Nc1cc(OC)cc(OC)c1. The van der Waals surface area contributed by atoms with E-state index < -0.39 is 0 Å². The van der Waals surface area contributed by atoms with E-state index in [4.69, 9.17) is 21.1 Å². The zero-order valence-electron chi connectivity index (χ0n) is 19.3. The molecule has 0 aromatic heterocycles. The van der Waals surface area contributed by atoms with Gasteiger partial charge in [0.1, 0.15) is 11.5 Å². The van der Waals surface area contributed by atoms with Crippen molar-refractivity contribution in [3.63, 3.8) is 0 Å². The van der Waals surface area contributed by atoms with Crippen molar-refractivity contribution in [2.24, 2.45) is 0 Å². The second-order valence-electron chi connectivity index (χ2n) is 7.48. The van der Waals surface area contributed by atoms with Gasteiger partial charge in [-0.05, 0) is 42.3 Å². The summed E-state index contributed by atoms with van der Waals surface area (Å²) in [6.45, 7) is 1.96. The van der Waals surface area contributed by atoms with E-state index in [1.54, 1.807) is 44.6 Å². The number of carbonyl (C=O) groups is 2. The Kier molecular flexibility index (Phi) is 9.24. The predicted octanol–water partition coefficient (Wildman–Crippen LogP) is 6.05. The van der Waals surface area contributed by atoms with Crippen molar-refractivity contribution in [2.45, 2.75) is 29.9 Å². The number of hydrogen-bond acceptors (Lipinski definition) is 5. The van der Waals surface area contributed by atoms with Gasteiger partial charge in [0.2, 0.25) is 11.8 Å². The van der Waals surface area contributed by atoms with Gasteiger partial charge in [0.05, 0.1) is 25.9 Å². The molecule has 2 N–H and O–H groups in total. The van der Waals surface area contributed by atoms with Crippen LogP contribution in [0.15, 0.2) is 71.6 Å². The molecule has 0 bridgehead atoms. The lowest BCUT2D eigenvalue weighted by atomic mass is 10.1. The average Bonchev–Trinajstić information content (AvgIpc) is 2.83. The fourth-order valence-corrected chi connectivity index (χ4v) is 4.37. The molecule has 3 aromatic rings. The van der Waals surface area contributed by atoms with Crippen molar-refractivity contribution in [1.82, 2.24) is 0 Å². The highest BCUT2D eigenvalue weighted by Crippen LogP contribution is 2.30. The zero-order chi connectivity index (χ0) is 24.5. The van der Waals surface area contributed by atoms with Crippen molar-refractivity contribution < 1.29 is 19.1 Å². The predicted molar refractivity (Wildman–Crippen MR) is 138 cm³/mol. The number of benzene rings is 3. The van der Waals surface area contributed by atoms with Crippen LogP contribution in [0.4, 0.5) is 11.4 Å². The number of thioether (sulfide) groups is 1. The molecule has 0 saturated carbocycles. The molecule has 1 unspecified atom stereocenters. The third kappa shape index (κ3) is 7.43. The number of halogens is 1. The standard InChI is InChI=1S/C26H27ClN2O4S/c1-4-24(26(31)29-20-13-21(32-2)16-22(14-20)33-3)34-23-7-5-6-19(15-23)28-25(30)12-17-8-10-18(27)11-9-17/h5-11,13-16,24H,4,12H2,1-3H3,(H,28,30)(H,29,31). The Balaban J connectivity index is 1.63. The van der Waals surface area contributed by atoms with E-state index in [0.29, 0.717) is 34.3 Å². The summed E-state index contributed by atoms with van der Waals surface area (Å²) in [5.41, 5.74) is 2.16. The van der Waals surface area contributed by atoms with Gasteiger partial charge in [0.15, 0.2) is 0 Å². The monoisotopic (exact) mass is 498 g/mol. The Hall–Kier alpha value is -3.16. The Morgan fingerprint density at radius 1 is 0.912 bits per heavy atom. The number of nitrogens with one attached hydrogen (secondary N) is 2. The Bertz CT molecular complexity index is 1120. The normalized spacial score (nSPS) is 11.4. The van der Waals surface area contributed by atoms with Crippen molar-refractivity contribution in [2.75, 3.05) is 24.9 Å². The Labute approximate surface area is 209 Å². The molecule has 6 nitrogen and oxygen atoms in total. The molecular weight excluding hydrogens is 472 g/mol. The third-order valence-corrected chi connectivity index (χ3v) is 6.57. The number of methoxy groups -OCH3 is 2. The largest absolute Gasteiger partial charge is 0.497 e. The highest BCUT2D eigenvalue weighted by atomic mass is 35.5. The van der Waals surface area contributed by atoms with Crippen LogP contribution in [0.1, 0.15) is 18.9 Å². The molecule has 34 heavy (non-hydrogen) atoms. The van der Waals surface area contributed by atoms with Gasteiger partial charge in [-0.25, -0.2) is 0 Å². The number of hydrogen-bond donors (Lipinski definition) is 2. The summed E-state index contributed by atoms with van der Waals surface area (Å²) in [5, 5.41) is 6.17. The number of carbonyl (C=O) groups excluding carboxylic acids is 2. The molecule has 0 aliphatic rings. The van der Waals surface area contributed by atoms with E-state index in [1.165, 1.54) is 11.8 Å². The molecule has 8 heteroatoms. The van der Waals surface area contributed by atoms with Gasteiger partial charge in [-0.15, -0.1) is 11.8 Å². The Morgan fingerprint density at radius 3 is 2.21 bits per heavy atom. The number of anilines is 2. The van der Waals surface area contributed by atoms with Crippen molar-refractivity contribution >= 4 is 46.6 Å². The second kappa shape index (κ2) is 12.3. The zero-order valence-corrected chi connectivity index (χ0v) is 20.8. The summed E-state index contributed by atoms with van der Waals surface area (Å²) < 4.78 is 10.5. The van der Waals surface area contributed by atoms with E-state index in [0.717, 1.165) is 10.5 Å². The van der Waals surface area contributed by atoms with Gasteiger partial charge in [-0.2, -0.15) is 0 Å². The molecule has 2 amide bonds. The lowest BCUT2D eigenvalue weighted by Crippen LogP contribution is -2.24. The smallest absolute Gasteiger partial charge is 0.237 e.